The molecule has 8 heteroatoms. The number of rotatable bonds is 5. The Hall–Kier alpha value is -4.33. The highest BCUT2D eigenvalue weighted by molar-refractivity contribution is 5.88. The molecule has 0 aliphatic heterocycles. The van der Waals surface area contributed by atoms with Gasteiger partial charge in [-0.2, -0.15) is 0 Å². The maximum absolute atomic E-state index is 13.1. The van der Waals surface area contributed by atoms with Gasteiger partial charge in [-0.05, 0) is 17.7 Å². The number of aromatic hydroxyl groups is 2. The summed E-state index contributed by atoms with van der Waals surface area (Å²) >= 11 is 0. The fraction of sp³-hybridized carbons (Fsp3) is 0.0455. The Morgan fingerprint density at radius 3 is 2.37 bits per heavy atom. The number of nitrogens with zero attached hydrogens (tertiary/aromatic N) is 1. The van der Waals surface area contributed by atoms with E-state index in [1.807, 2.05) is 0 Å². The highest BCUT2D eigenvalue weighted by Crippen LogP contribution is 2.35. The summed E-state index contributed by atoms with van der Waals surface area (Å²) in [4.78, 5) is 23.4. The van der Waals surface area contributed by atoms with Crippen molar-refractivity contribution in [2.45, 2.75) is 6.61 Å². The quantitative estimate of drug-likeness (QED) is 0.373. The van der Waals surface area contributed by atoms with E-state index >= 15 is 0 Å². The predicted molar refractivity (Wildman–Crippen MR) is 109 cm³/mol. The summed E-state index contributed by atoms with van der Waals surface area (Å²) in [6.07, 6.45) is 0. The molecule has 2 N–H and O–H groups in total. The lowest BCUT2D eigenvalue weighted by Gasteiger charge is -2.12. The number of hydrogen-bond acceptors (Lipinski definition) is 7. The van der Waals surface area contributed by atoms with E-state index < -0.39 is 16.1 Å². The molecule has 0 atom stereocenters. The van der Waals surface area contributed by atoms with Crippen LogP contribution in [0.25, 0.3) is 22.3 Å². The number of phenolic OH excluding ortho intramolecular Hbond substituents is 2. The van der Waals surface area contributed by atoms with Crippen molar-refractivity contribution in [3.05, 3.63) is 92.6 Å². The van der Waals surface area contributed by atoms with Crippen molar-refractivity contribution in [2.24, 2.45) is 0 Å². The van der Waals surface area contributed by atoms with E-state index in [0.29, 0.717) is 11.1 Å². The van der Waals surface area contributed by atoms with E-state index in [9.17, 15) is 25.1 Å². The third-order valence-electron chi connectivity index (χ3n) is 4.48. The van der Waals surface area contributed by atoms with Crippen LogP contribution in [-0.4, -0.2) is 15.1 Å². The highest BCUT2D eigenvalue weighted by atomic mass is 16.6. The summed E-state index contributed by atoms with van der Waals surface area (Å²) in [5.41, 5.74) is 0.527. The van der Waals surface area contributed by atoms with E-state index in [0.717, 1.165) is 6.07 Å². The Morgan fingerprint density at radius 1 is 1.00 bits per heavy atom. The number of benzene rings is 3. The highest BCUT2D eigenvalue weighted by Gasteiger charge is 2.20. The molecule has 0 fully saturated rings. The SMILES string of the molecule is O=c1c(OCc2ccc([N+](=O)[O-])cc2)c(-c2ccccc2)oc2cc(O)cc(O)c12. The molecule has 0 aliphatic rings. The third kappa shape index (κ3) is 3.53. The number of phenols is 2. The molecule has 8 nitrogen and oxygen atoms in total. The molecule has 30 heavy (non-hydrogen) atoms. The minimum absolute atomic E-state index is 0.0130. The van der Waals surface area contributed by atoms with Crippen LogP contribution < -0.4 is 10.2 Å². The second kappa shape index (κ2) is 7.59. The number of hydrogen-bond donors (Lipinski definition) is 2. The normalized spacial score (nSPS) is 10.8. The van der Waals surface area contributed by atoms with Crippen LogP contribution >= 0.6 is 0 Å². The van der Waals surface area contributed by atoms with Gasteiger partial charge in [-0.3, -0.25) is 14.9 Å². The molecule has 3 aromatic carbocycles. The number of fused-ring (bicyclic) bond motifs is 1. The molecule has 0 aliphatic carbocycles. The van der Waals surface area contributed by atoms with E-state index in [2.05, 4.69) is 0 Å². The van der Waals surface area contributed by atoms with Gasteiger partial charge in [-0.15, -0.1) is 0 Å². The van der Waals surface area contributed by atoms with Gasteiger partial charge < -0.3 is 19.4 Å². The van der Waals surface area contributed by atoms with Crippen molar-refractivity contribution in [3.63, 3.8) is 0 Å². The first-order chi connectivity index (χ1) is 14.4. The molecule has 1 heterocycles. The average molecular weight is 405 g/mol. The number of nitro groups is 1. The van der Waals surface area contributed by atoms with E-state index in [4.69, 9.17) is 9.15 Å². The van der Waals surface area contributed by atoms with Crippen LogP contribution in [0.2, 0.25) is 0 Å². The van der Waals surface area contributed by atoms with Crippen LogP contribution in [0.5, 0.6) is 17.2 Å². The van der Waals surface area contributed by atoms with Gasteiger partial charge in [-0.25, -0.2) is 0 Å². The zero-order valence-corrected chi connectivity index (χ0v) is 15.4. The smallest absolute Gasteiger partial charge is 0.269 e. The van der Waals surface area contributed by atoms with E-state index in [1.54, 1.807) is 30.3 Å². The first-order valence-electron chi connectivity index (χ1n) is 8.88. The Bertz CT molecular complexity index is 1300. The summed E-state index contributed by atoms with van der Waals surface area (Å²) in [5, 5.41) is 30.6. The molecule has 0 unspecified atom stereocenters. The Kier molecular flexibility index (Phi) is 4.81. The van der Waals surface area contributed by atoms with Crippen molar-refractivity contribution in [1.29, 1.82) is 0 Å². The second-order valence-electron chi connectivity index (χ2n) is 6.51. The van der Waals surface area contributed by atoms with Crippen LogP contribution in [0.4, 0.5) is 5.69 Å². The monoisotopic (exact) mass is 405 g/mol. The molecule has 0 amide bonds. The lowest BCUT2D eigenvalue weighted by Crippen LogP contribution is -2.10. The lowest BCUT2D eigenvalue weighted by molar-refractivity contribution is -0.384. The van der Waals surface area contributed by atoms with Gasteiger partial charge in [0.2, 0.25) is 11.2 Å². The molecule has 0 spiro atoms. The van der Waals surface area contributed by atoms with Crippen molar-refractivity contribution in [3.8, 4) is 28.6 Å². The Balaban J connectivity index is 1.81. The first kappa shape index (κ1) is 19.0. The fourth-order valence-electron chi connectivity index (χ4n) is 3.05. The summed E-state index contributed by atoms with van der Waals surface area (Å²) in [5.74, 6) is -0.659. The van der Waals surface area contributed by atoms with Crippen LogP contribution in [0.3, 0.4) is 0 Å². The number of non-ortho nitro benzene ring substituents is 1. The lowest BCUT2D eigenvalue weighted by atomic mass is 10.1. The molecular formula is C22H15NO7. The molecule has 150 valence electrons. The number of ether oxygens (including phenoxy) is 1. The zero-order chi connectivity index (χ0) is 21.3. The summed E-state index contributed by atoms with van der Waals surface area (Å²) in [7, 11) is 0. The van der Waals surface area contributed by atoms with Gasteiger partial charge in [0.15, 0.2) is 5.76 Å². The van der Waals surface area contributed by atoms with E-state index in [1.165, 1.54) is 30.3 Å². The first-order valence-corrected chi connectivity index (χ1v) is 8.88. The van der Waals surface area contributed by atoms with Crippen LogP contribution in [0.15, 0.2) is 75.9 Å². The second-order valence-corrected chi connectivity index (χ2v) is 6.51. The average Bonchev–Trinajstić information content (AvgIpc) is 2.73. The van der Waals surface area contributed by atoms with Gasteiger partial charge >= 0.3 is 0 Å². The van der Waals surface area contributed by atoms with Gasteiger partial charge in [0.1, 0.15) is 29.1 Å². The topological polar surface area (TPSA) is 123 Å². The zero-order valence-electron chi connectivity index (χ0n) is 15.4. The largest absolute Gasteiger partial charge is 0.508 e. The molecular weight excluding hydrogens is 390 g/mol. The Morgan fingerprint density at radius 2 is 1.70 bits per heavy atom. The van der Waals surface area contributed by atoms with Gasteiger partial charge in [0, 0.05) is 29.8 Å². The van der Waals surface area contributed by atoms with Crippen LogP contribution in [0.1, 0.15) is 5.56 Å². The number of nitro benzene ring substituents is 1. The van der Waals surface area contributed by atoms with Gasteiger partial charge in [-0.1, -0.05) is 30.3 Å². The van der Waals surface area contributed by atoms with E-state index in [-0.39, 0.29) is 40.5 Å². The standard InChI is InChI=1S/C22H15NO7/c24-16-10-17(25)19-18(11-16)30-21(14-4-2-1-3-5-14)22(20(19)26)29-12-13-6-8-15(9-7-13)23(27)28/h1-11,24-25H,12H2. The third-order valence-corrected chi connectivity index (χ3v) is 4.48. The molecule has 4 rings (SSSR count). The molecule has 4 aromatic rings. The molecule has 1 aromatic heterocycles. The molecule has 0 saturated heterocycles. The molecule has 0 bridgehead atoms. The summed E-state index contributed by atoms with van der Waals surface area (Å²) in [6.45, 7) is -0.0487. The summed E-state index contributed by atoms with van der Waals surface area (Å²) < 4.78 is 11.6. The van der Waals surface area contributed by atoms with Crippen molar-refractivity contribution in [2.75, 3.05) is 0 Å². The predicted octanol–water partition coefficient (Wildman–Crippen LogP) is 4.36. The van der Waals surface area contributed by atoms with Crippen molar-refractivity contribution in [1.82, 2.24) is 0 Å². The maximum atomic E-state index is 13.1. The van der Waals surface area contributed by atoms with Gasteiger partial charge in [0.25, 0.3) is 5.69 Å². The minimum Gasteiger partial charge on any atom is -0.508 e. The fourth-order valence-corrected chi connectivity index (χ4v) is 3.05. The molecule has 0 saturated carbocycles. The minimum atomic E-state index is -0.602. The van der Waals surface area contributed by atoms with Crippen molar-refractivity contribution < 1.29 is 24.3 Å². The van der Waals surface area contributed by atoms with Crippen LogP contribution in [-0.2, 0) is 6.61 Å². The van der Waals surface area contributed by atoms with Crippen molar-refractivity contribution >= 4 is 16.7 Å². The molecule has 0 radical (unpaired) electrons. The summed E-state index contributed by atoms with van der Waals surface area (Å²) in [6, 6.07) is 16.8. The van der Waals surface area contributed by atoms with Gasteiger partial charge in [0.05, 0.1) is 4.92 Å². The van der Waals surface area contributed by atoms with Crippen LogP contribution in [0, 0.1) is 10.1 Å². The Labute approximate surface area is 169 Å². The maximum Gasteiger partial charge on any atom is 0.269 e.